The van der Waals surface area contributed by atoms with Crippen LogP contribution >= 0.6 is 11.6 Å². The van der Waals surface area contributed by atoms with Gasteiger partial charge in [0.1, 0.15) is 0 Å². The van der Waals surface area contributed by atoms with Crippen molar-refractivity contribution in [2.45, 2.75) is 6.92 Å². The molecule has 0 unspecified atom stereocenters. The molecule has 0 aliphatic rings. The van der Waals surface area contributed by atoms with Crippen LogP contribution in [0.5, 0.6) is 0 Å². The van der Waals surface area contributed by atoms with Gasteiger partial charge in [-0.05, 0) is 42.5 Å². The molecular formula is C17H16ClN3O3. The fourth-order valence-corrected chi connectivity index (χ4v) is 2.13. The van der Waals surface area contributed by atoms with E-state index in [1.165, 1.54) is 13.0 Å². The Morgan fingerprint density at radius 2 is 1.58 bits per heavy atom. The molecule has 6 nitrogen and oxygen atoms in total. The average Bonchev–Trinajstić information content (AvgIpc) is 2.54. The fourth-order valence-electron chi connectivity index (χ4n) is 1.94. The largest absolute Gasteiger partial charge is 0.343 e. The van der Waals surface area contributed by atoms with Gasteiger partial charge in [0.05, 0.1) is 6.54 Å². The van der Waals surface area contributed by atoms with Gasteiger partial charge in [-0.2, -0.15) is 0 Å². The van der Waals surface area contributed by atoms with Gasteiger partial charge in [-0.1, -0.05) is 17.7 Å². The van der Waals surface area contributed by atoms with Gasteiger partial charge in [0.25, 0.3) is 5.91 Å². The normalized spacial score (nSPS) is 9.92. The van der Waals surface area contributed by atoms with Crippen molar-refractivity contribution in [2.75, 3.05) is 17.2 Å². The van der Waals surface area contributed by atoms with Crippen LogP contribution in [0.4, 0.5) is 11.4 Å². The molecule has 24 heavy (non-hydrogen) atoms. The van der Waals surface area contributed by atoms with E-state index in [0.29, 0.717) is 22.0 Å². The number of rotatable bonds is 5. The van der Waals surface area contributed by atoms with Gasteiger partial charge < -0.3 is 16.0 Å². The Balaban J connectivity index is 1.84. The fraction of sp³-hybridized carbons (Fsp3) is 0.118. The number of amides is 3. The van der Waals surface area contributed by atoms with Crippen LogP contribution in [-0.4, -0.2) is 24.3 Å². The Morgan fingerprint density at radius 1 is 0.958 bits per heavy atom. The second kappa shape index (κ2) is 8.12. The van der Waals surface area contributed by atoms with Gasteiger partial charge in [0.2, 0.25) is 11.8 Å². The highest BCUT2D eigenvalue weighted by Gasteiger charge is 2.08. The predicted octanol–water partition coefficient (Wildman–Crippen LogP) is 2.67. The molecule has 0 fully saturated rings. The van der Waals surface area contributed by atoms with Crippen LogP contribution < -0.4 is 16.0 Å². The first kappa shape index (κ1) is 17.5. The molecule has 3 N–H and O–H groups in total. The molecule has 2 aromatic rings. The summed E-state index contributed by atoms with van der Waals surface area (Å²) >= 11 is 5.82. The first-order valence-electron chi connectivity index (χ1n) is 7.15. The van der Waals surface area contributed by atoms with Crippen LogP contribution in [0.15, 0.2) is 48.5 Å². The summed E-state index contributed by atoms with van der Waals surface area (Å²) in [5, 5.41) is 8.24. The van der Waals surface area contributed by atoms with Crippen LogP contribution in [0.3, 0.4) is 0 Å². The molecule has 0 saturated heterocycles. The highest BCUT2D eigenvalue weighted by atomic mass is 35.5. The number of benzene rings is 2. The summed E-state index contributed by atoms with van der Waals surface area (Å²) in [5.74, 6) is -0.915. The molecule has 3 amide bonds. The van der Waals surface area contributed by atoms with E-state index in [1.807, 2.05) is 0 Å². The topological polar surface area (TPSA) is 87.3 Å². The Kier molecular flexibility index (Phi) is 5.92. The van der Waals surface area contributed by atoms with Crippen LogP contribution in [0.25, 0.3) is 0 Å². The molecule has 0 aliphatic carbocycles. The molecule has 2 aromatic carbocycles. The molecule has 0 aliphatic heterocycles. The number of carbonyl (C=O) groups is 3. The number of hydrogen-bond acceptors (Lipinski definition) is 3. The third-order valence-corrected chi connectivity index (χ3v) is 3.22. The maximum Gasteiger partial charge on any atom is 0.251 e. The summed E-state index contributed by atoms with van der Waals surface area (Å²) < 4.78 is 0. The third kappa shape index (κ3) is 5.40. The van der Waals surface area contributed by atoms with E-state index in [2.05, 4.69) is 16.0 Å². The standard InChI is InChI=1S/C17H16ClN3O3/c1-11(22)20-14-5-7-15(8-6-14)21-16(23)10-19-17(24)12-3-2-4-13(18)9-12/h2-9H,10H2,1H3,(H,19,24)(H,20,22)(H,21,23). The lowest BCUT2D eigenvalue weighted by molar-refractivity contribution is -0.115. The molecule has 0 atom stereocenters. The van der Waals surface area contributed by atoms with E-state index in [-0.39, 0.29) is 24.3 Å². The molecule has 2 rings (SSSR count). The van der Waals surface area contributed by atoms with E-state index in [1.54, 1.807) is 42.5 Å². The molecule has 0 heterocycles. The van der Waals surface area contributed by atoms with Gasteiger partial charge in [-0.3, -0.25) is 14.4 Å². The lowest BCUT2D eigenvalue weighted by Crippen LogP contribution is -2.32. The second-order valence-electron chi connectivity index (χ2n) is 5.00. The first-order chi connectivity index (χ1) is 11.4. The molecule has 0 bridgehead atoms. The third-order valence-electron chi connectivity index (χ3n) is 2.99. The van der Waals surface area contributed by atoms with Crippen molar-refractivity contribution in [3.05, 3.63) is 59.1 Å². The van der Waals surface area contributed by atoms with Crippen molar-refractivity contribution in [1.82, 2.24) is 5.32 Å². The molecule has 124 valence electrons. The minimum Gasteiger partial charge on any atom is -0.343 e. The van der Waals surface area contributed by atoms with Crippen LogP contribution in [0.1, 0.15) is 17.3 Å². The van der Waals surface area contributed by atoms with Crippen molar-refractivity contribution in [3.63, 3.8) is 0 Å². The van der Waals surface area contributed by atoms with E-state index < -0.39 is 0 Å². The first-order valence-corrected chi connectivity index (χ1v) is 7.53. The van der Waals surface area contributed by atoms with Gasteiger partial charge in [0, 0.05) is 28.9 Å². The second-order valence-corrected chi connectivity index (χ2v) is 5.44. The molecule has 0 aromatic heterocycles. The molecule has 0 spiro atoms. The zero-order valence-electron chi connectivity index (χ0n) is 12.9. The number of carbonyl (C=O) groups excluding carboxylic acids is 3. The number of anilines is 2. The van der Waals surface area contributed by atoms with E-state index in [9.17, 15) is 14.4 Å². The number of halogens is 1. The van der Waals surface area contributed by atoms with Crippen molar-refractivity contribution in [1.29, 1.82) is 0 Å². The lowest BCUT2D eigenvalue weighted by atomic mass is 10.2. The summed E-state index contributed by atoms with van der Waals surface area (Å²) in [7, 11) is 0. The summed E-state index contributed by atoms with van der Waals surface area (Å²) in [6.45, 7) is 1.25. The zero-order chi connectivity index (χ0) is 17.5. The Morgan fingerprint density at radius 3 is 2.17 bits per heavy atom. The van der Waals surface area contributed by atoms with Crippen molar-refractivity contribution < 1.29 is 14.4 Å². The van der Waals surface area contributed by atoms with Gasteiger partial charge in [-0.15, -0.1) is 0 Å². The van der Waals surface area contributed by atoms with Crippen molar-refractivity contribution >= 4 is 40.7 Å². The summed E-state index contributed by atoms with van der Waals surface area (Å²) in [6, 6.07) is 13.1. The highest BCUT2D eigenvalue weighted by molar-refractivity contribution is 6.31. The monoisotopic (exact) mass is 345 g/mol. The van der Waals surface area contributed by atoms with Gasteiger partial charge in [0.15, 0.2) is 0 Å². The molecular weight excluding hydrogens is 330 g/mol. The van der Waals surface area contributed by atoms with Crippen LogP contribution in [0, 0.1) is 0 Å². The maximum absolute atomic E-state index is 11.9. The predicted molar refractivity (Wildman–Crippen MR) is 93.2 cm³/mol. The smallest absolute Gasteiger partial charge is 0.251 e. The van der Waals surface area contributed by atoms with Gasteiger partial charge in [-0.25, -0.2) is 0 Å². The van der Waals surface area contributed by atoms with Crippen molar-refractivity contribution in [2.24, 2.45) is 0 Å². The molecule has 0 saturated carbocycles. The molecule has 7 heteroatoms. The van der Waals surface area contributed by atoms with Crippen LogP contribution in [-0.2, 0) is 9.59 Å². The van der Waals surface area contributed by atoms with E-state index >= 15 is 0 Å². The van der Waals surface area contributed by atoms with Gasteiger partial charge >= 0.3 is 0 Å². The molecule has 0 radical (unpaired) electrons. The van der Waals surface area contributed by atoms with Crippen molar-refractivity contribution in [3.8, 4) is 0 Å². The average molecular weight is 346 g/mol. The van der Waals surface area contributed by atoms with E-state index in [0.717, 1.165) is 0 Å². The highest BCUT2D eigenvalue weighted by Crippen LogP contribution is 2.13. The summed E-state index contributed by atoms with van der Waals surface area (Å²) in [5.41, 5.74) is 1.58. The lowest BCUT2D eigenvalue weighted by Gasteiger charge is -2.08. The number of hydrogen-bond donors (Lipinski definition) is 3. The minimum absolute atomic E-state index is 0.168. The minimum atomic E-state index is -0.381. The summed E-state index contributed by atoms with van der Waals surface area (Å²) in [4.78, 5) is 34.7. The zero-order valence-corrected chi connectivity index (χ0v) is 13.7. The Bertz CT molecular complexity index is 760. The quantitative estimate of drug-likeness (QED) is 0.778. The maximum atomic E-state index is 11.9. The Hall–Kier alpha value is -2.86. The SMILES string of the molecule is CC(=O)Nc1ccc(NC(=O)CNC(=O)c2cccc(Cl)c2)cc1. The number of nitrogens with one attached hydrogen (secondary N) is 3. The van der Waals surface area contributed by atoms with E-state index in [4.69, 9.17) is 11.6 Å². The Labute approximate surface area is 144 Å². The summed E-state index contributed by atoms with van der Waals surface area (Å²) in [6.07, 6.45) is 0. The van der Waals surface area contributed by atoms with Crippen LogP contribution in [0.2, 0.25) is 5.02 Å².